The van der Waals surface area contributed by atoms with E-state index in [0.29, 0.717) is 12.5 Å². The molecule has 1 aromatic heterocycles. The summed E-state index contributed by atoms with van der Waals surface area (Å²) in [6, 6.07) is 0. The standard InChI is InChI=1S/C10H17N5O2S/c1-6(2)4-12-8(16)5-18-10-14-13-7(3)9(17)15(10)11/h6H,4-5,11H2,1-3H3,(H,12,16). The lowest BCUT2D eigenvalue weighted by Crippen LogP contribution is -2.33. The van der Waals surface area contributed by atoms with Crippen LogP contribution < -0.4 is 16.7 Å². The van der Waals surface area contributed by atoms with Crippen LogP contribution in [0.15, 0.2) is 9.95 Å². The molecule has 0 aliphatic carbocycles. The third-order valence-corrected chi connectivity index (χ3v) is 3.00. The first-order valence-corrected chi connectivity index (χ1v) is 6.51. The minimum atomic E-state index is -0.407. The zero-order valence-electron chi connectivity index (χ0n) is 10.6. The number of carbonyl (C=O) groups excluding carboxylic acids is 1. The third kappa shape index (κ3) is 4.02. The maximum Gasteiger partial charge on any atom is 0.294 e. The van der Waals surface area contributed by atoms with Gasteiger partial charge < -0.3 is 11.2 Å². The number of nitrogens with two attached hydrogens (primary N) is 1. The SMILES string of the molecule is Cc1nnc(SCC(=O)NCC(C)C)n(N)c1=O. The Labute approximate surface area is 109 Å². The summed E-state index contributed by atoms with van der Waals surface area (Å²) in [6.07, 6.45) is 0. The van der Waals surface area contributed by atoms with E-state index < -0.39 is 5.56 Å². The topological polar surface area (TPSA) is 103 Å². The van der Waals surface area contributed by atoms with Crippen LogP contribution in [0.2, 0.25) is 0 Å². The summed E-state index contributed by atoms with van der Waals surface area (Å²) in [5.41, 5.74) is -0.179. The maximum absolute atomic E-state index is 11.5. The van der Waals surface area contributed by atoms with E-state index in [0.717, 1.165) is 16.4 Å². The molecule has 0 aliphatic rings. The van der Waals surface area contributed by atoms with E-state index in [2.05, 4.69) is 15.5 Å². The molecule has 0 fully saturated rings. The smallest absolute Gasteiger partial charge is 0.294 e. The molecular formula is C10H17N5O2S. The second-order valence-electron chi connectivity index (χ2n) is 4.23. The second kappa shape index (κ2) is 6.39. The van der Waals surface area contributed by atoms with Crippen LogP contribution in [0.5, 0.6) is 0 Å². The number of thioether (sulfide) groups is 1. The minimum absolute atomic E-state index is 0.122. The van der Waals surface area contributed by atoms with Gasteiger partial charge in [0.2, 0.25) is 11.1 Å². The Morgan fingerprint density at radius 2 is 2.17 bits per heavy atom. The summed E-state index contributed by atoms with van der Waals surface area (Å²) in [5, 5.41) is 10.4. The summed E-state index contributed by atoms with van der Waals surface area (Å²) in [7, 11) is 0. The Morgan fingerprint density at radius 3 is 2.78 bits per heavy atom. The Balaban J connectivity index is 2.57. The van der Waals surface area contributed by atoms with E-state index in [1.54, 1.807) is 0 Å². The first-order valence-electron chi connectivity index (χ1n) is 5.52. The average Bonchev–Trinajstić information content (AvgIpc) is 2.32. The predicted molar refractivity (Wildman–Crippen MR) is 69.8 cm³/mol. The molecule has 7 nitrogen and oxygen atoms in total. The van der Waals surface area contributed by atoms with Crippen LogP contribution in [0.1, 0.15) is 19.5 Å². The van der Waals surface area contributed by atoms with Crippen molar-refractivity contribution in [2.24, 2.45) is 5.92 Å². The first kappa shape index (κ1) is 14.5. The van der Waals surface area contributed by atoms with Crippen molar-refractivity contribution in [3.05, 3.63) is 16.0 Å². The monoisotopic (exact) mass is 271 g/mol. The molecule has 1 aromatic rings. The van der Waals surface area contributed by atoms with Crippen molar-refractivity contribution in [1.82, 2.24) is 20.2 Å². The number of carbonyl (C=O) groups is 1. The van der Waals surface area contributed by atoms with Gasteiger partial charge in [0, 0.05) is 6.54 Å². The highest BCUT2D eigenvalue weighted by molar-refractivity contribution is 7.99. The number of nitrogen functional groups attached to an aromatic ring is 1. The van der Waals surface area contributed by atoms with Gasteiger partial charge in [-0.25, -0.2) is 0 Å². The molecule has 1 heterocycles. The molecule has 0 aromatic carbocycles. The van der Waals surface area contributed by atoms with Gasteiger partial charge >= 0.3 is 0 Å². The van der Waals surface area contributed by atoms with Crippen LogP contribution in [-0.4, -0.2) is 33.1 Å². The van der Waals surface area contributed by atoms with Crippen LogP contribution in [-0.2, 0) is 4.79 Å². The van der Waals surface area contributed by atoms with Gasteiger partial charge in [0.05, 0.1) is 5.75 Å². The Hall–Kier alpha value is -1.57. The largest absolute Gasteiger partial charge is 0.355 e. The molecule has 0 atom stereocenters. The summed E-state index contributed by atoms with van der Waals surface area (Å²) >= 11 is 1.08. The fraction of sp³-hybridized carbons (Fsp3) is 0.600. The van der Waals surface area contributed by atoms with E-state index in [-0.39, 0.29) is 22.5 Å². The lowest BCUT2D eigenvalue weighted by Gasteiger charge is -2.08. The lowest BCUT2D eigenvalue weighted by molar-refractivity contribution is -0.118. The molecule has 0 saturated carbocycles. The van der Waals surface area contributed by atoms with Gasteiger partial charge in [-0.05, 0) is 12.8 Å². The molecule has 18 heavy (non-hydrogen) atoms. The molecule has 0 spiro atoms. The van der Waals surface area contributed by atoms with Crippen molar-refractivity contribution in [1.29, 1.82) is 0 Å². The first-order chi connectivity index (χ1) is 8.41. The van der Waals surface area contributed by atoms with Gasteiger partial charge in [-0.2, -0.15) is 4.68 Å². The van der Waals surface area contributed by atoms with E-state index in [1.807, 2.05) is 13.8 Å². The van der Waals surface area contributed by atoms with E-state index in [4.69, 9.17) is 5.84 Å². The van der Waals surface area contributed by atoms with Crippen LogP contribution in [0, 0.1) is 12.8 Å². The molecular weight excluding hydrogens is 254 g/mol. The normalized spacial score (nSPS) is 10.7. The average molecular weight is 271 g/mol. The van der Waals surface area contributed by atoms with Crippen LogP contribution in [0.4, 0.5) is 0 Å². The molecule has 0 saturated heterocycles. The number of nitrogens with zero attached hydrogens (tertiary/aromatic N) is 3. The third-order valence-electron chi connectivity index (χ3n) is 2.06. The fourth-order valence-electron chi connectivity index (χ4n) is 1.07. The molecule has 0 bridgehead atoms. The van der Waals surface area contributed by atoms with Crippen LogP contribution in [0.3, 0.4) is 0 Å². The molecule has 0 radical (unpaired) electrons. The van der Waals surface area contributed by atoms with Gasteiger partial charge in [0.1, 0.15) is 5.69 Å². The Bertz CT molecular complexity index is 486. The number of nitrogens with one attached hydrogen (secondary N) is 1. The molecule has 3 N–H and O–H groups in total. The van der Waals surface area contributed by atoms with Crippen molar-refractivity contribution in [3.8, 4) is 0 Å². The molecule has 100 valence electrons. The van der Waals surface area contributed by atoms with Crippen molar-refractivity contribution in [2.75, 3.05) is 18.1 Å². The quantitative estimate of drug-likeness (QED) is 0.554. The molecule has 1 rings (SSSR count). The van der Waals surface area contributed by atoms with Gasteiger partial charge in [-0.15, -0.1) is 10.2 Å². The minimum Gasteiger partial charge on any atom is -0.355 e. The number of hydrogen-bond donors (Lipinski definition) is 2. The zero-order valence-corrected chi connectivity index (χ0v) is 11.5. The zero-order chi connectivity index (χ0) is 13.7. The molecule has 1 amide bonds. The molecule has 8 heteroatoms. The lowest BCUT2D eigenvalue weighted by atomic mass is 10.2. The predicted octanol–water partition coefficient (Wildman–Crippen LogP) is -0.475. The van der Waals surface area contributed by atoms with Crippen molar-refractivity contribution in [3.63, 3.8) is 0 Å². The van der Waals surface area contributed by atoms with E-state index in [1.165, 1.54) is 6.92 Å². The highest BCUT2D eigenvalue weighted by Gasteiger charge is 2.10. The molecule has 0 aliphatic heterocycles. The van der Waals surface area contributed by atoms with E-state index in [9.17, 15) is 9.59 Å². The van der Waals surface area contributed by atoms with Crippen molar-refractivity contribution < 1.29 is 4.79 Å². The number of amides is 1. The van der Waals surface area contributed by atoms with Crippen molar-refractivity contribution >= 4 is 17.7 Å². The second-order valence-corrected chi connectivity index (χ2v) is 5.17. The van der Waals surface area contributed by atoms with Gasteiger partial charge in [-0.1, -0.05) is 25.6 Å². The summed E-state index contributed by atoms with van der Waals surface area (Å²) in [6.45, 7) is 6.17. The Morgan fingerprint density at radius 1 is 1.50 bits per heavy atom. The number of aromatic nitrogens is 3. The van der Waals surface area contributed by atoms with Gasteiger partial charge in [0.15, 0.2) is 0 Å². The summed E-state index contributed by atoms with van der Waals surface area (Å²) in [4.78, 5) is 22.9. The number of hydrogen-bond acceptors (Lipinski definition) is 6. The summed E-state index contributed by atoms with van der Waals surface area (Å²) in [5.74, 6) is 5.97. The van der Waals surface area contributed by atoms with Crippen LogP contribution in [0.25, 0.3) is 0 Å². The van der Waals surface area contributed by atoms with Gasteiger partial charge in [-0.3, -0.25) is 9.59 Å². The summed E-state index contributed by atoms with van der Waals surface area (Å²) < 4.78 is 0.905. The number of rotatable bonds is 5. The highest BCUT2D eigenvalue weighted by atomic mass is 32.2. The highest BCUT2D eigenvalue weighted by Crippen LogP contribution is 2.10. The molecule has 0 unspecified atom stereocenters. The van der Waals surface area contributed by atoms with Gasteiger partial charge in [0.25, 0.3) is 5.56 Å². The van der Waals surface area contributed by atoms with Crippen LogP contribution >= 0.6 is 11.8 Å². The Kier molecular flexibility index (Phi) is 5.14. The maximum atomic E-state index is 11.5. The number of aryl methyl sites for hydroxylation is 1. The van der Waals surface area contributed by atoms with Crippen molar-refractivity contribution in [2.45, 2.75) is 25.9 Å². The van der Waals surface area contributed by atoms with E-state index >= 15 is 0 Å². The fourth-order valence-corrected chi connectivity index (χ4v) is 1.75.